The third-order valence-electron chi connectivity index (χ3n) is 1.56. The van der Waals surface area contributed by atoms with E-state index in [-0.39, 0.29) is 11.4 Å². The molecule has 2 N–H and O–H groups in total. The SMILES string of the molecule is CC(=O)Nc1cc(S(=O)(=O)F)ccc1O. The van der Waals surface area contributed by atoms with E-state index in [1.165, 1.54) is 6.92 Å². The molecule has 7 heteroatoms. The molecule has 0 spiro atoms. The van der Waals surface area contributed by atoms with Crippen molar-refractivity contribution in [2.45, 2.75) is 11.8 Å². The smallest absolute Gasteiger partial charge is 0.332 e. The number of carbonyl (C=O) groups excluding carboxylic acids is 1. The fourth-order valence-electron chi connectivity index (χ4n) is 0.957. The van der Waals surface area contributed by atoms with Gasteiger partial charge in [0.25, 0.3) is 0 Å². The summed E-state index contributed by atoms with van der Waals surface area (Å²) in [7, 11) is -4.84. The van der Waals surface area contributed by atoms with Crippen molar-refractivity contribution in [2.75, 3.05) is 5.32 Å². The molecule has 0 saturated carbocycles. The van der Waals surface area contributed by atoms with Gasteiger partial charge in [-0.25, -0.2) is 0 Å². The Morgan fingerprint density at radius 1 is 1.47 bits per heavy atom. The van der Waals surface area contributed by atoms with E-state index in [0.717, 1.165) is 18.2 Å². The third kappa shape index (κ3) is 2.91. The molecule has 0 aliphatic carbocycles. The molecule has 0 bridgehead atoms. The summed E-state index contributed by atoms with van der Waals surface area (Å²) in [5, 5.41) is 11.4. The van der Waals surface area contributed by atoms with Crippen LogP contribution in [0.15, 0.2) is 23.1 Å². The lowest BCUT2D eigenvalue weighted by Gasteiger charge is -2.05. The van der Waals surface area contributed by atoms with Gasteiger partial charge in [0.05, 0.1) is 5.69 Å². The van der Waals surface area contributed by atoms with Gasteiger partial charge in [-0.1, -0.05) is 0 Å². The van der Waals surface area contributed by atoms with Crippen LogP contribution in [0.1, 0.15) is 6.92 Å². The van der Waals surface area contributed by atoms with E-state index in [1.54, 1.807) is 0 Å². The number of nitrogens with one attached hydrogen (secondary N) is 1. The first kappa shape index (κ1) is 11.4. The van der Waals surface area contributed by atoms with Gasteiger partial charge in [0.1, 0.15) is 10.6 Å². The van der Waals surface area contributed by atoms with Crippen LogP contribution < -0.4 is 5.32 Å². The van der Waals surface area contributed by atoms with Gasteiger partial charge in [-0.3, -0.25) is 4.79 Å². The summed E-state index contributed by atoms with van der Waals surface area (Å²) in [6.45, 7) is 1.18. The van der Waals surface area contributed by atoms with E-state index in [0.29, 0.717) is 0 Å². The molecule has 5 nitrogen and oxygen atoms in total. The predicted molar refractivity (Wildman–Crippen MR) is 50.7 cm³/mol. The highest BCUT2D eigenvalue weighted by Crippen LogP contribution is 2.26. The number of amides is 1. The van der Waals surface area contributed by atoms with Crippen LogP contribution in [0.2, 0.25) is 0 Å². The van der Waals surface area contributed by atoms with Gasteiger partial charge in [0, 0.05) is 6.92 Å². The zero-order valence-electron chi connectivity index (χ0n) is 7.69. The fraction of sp³-hybridized carbons (Fsp3) is 0.125. The standard InChI is InChI=1S/C8H8FNO4S/c1-5(11)10-7-4-6(15(9,13)14)2-3-8(7)12/h2-4,12H,1H3,(H,10,11). The van der Waals surface area contributed by atoms with Crippen molar-refractivity contribution in [3.8, 4) is 5.75 Å². The maximum atomic E-state index is 12.5. The summed E-state index contributed by atoms with van der Waals surface area (Å²) < 4.78 is 33.6. The molecule has 0 unspecified atom stereocenters. The Hall–Kier alpha value is -1.63. The summed E-state index contributed by atoms with van der Waals surface area (Å²) >= 11 is 0. The molecule has 0 atom stereocenters. The number of phenols is 1. The molecular formula is C8H8FNO4S. The molecule has 0 fully saturated rings. The fourth-order valence-corrected chi connectivity index (χ4v) is 1.45. The monoisotopic (exact) mass is 233 g/mol. The van der Waals surface area contributed by atoms with Crippen molar-refractivity contribution in [1.82, 2.24) is 0 Å². The highest BCUT2D eigenvalue weighted by Gasteiger charge is 2.14. The lowest BCUT2D eigenvalue weighted by atomic mass is 10.3. The Balaban J connectivity index is 3.23. The van der Waals surface area contributed by atoms with Gasteiger partial charge in [0.15, 0.2) is 0 Å². The maximum absolute atomic E-state index is 12.5. The van der Waals surface area contributed by atoms with Crippen LogP contribution in [-0.2, 0) is 15.0 Å². The molecule has 1 aromatic carbocycles. The van der Waals surface area contributed by atoms with Crippen molar-refractivity contribution in [2.24, 2.45) is 0 Å². The topological polar surface area (TPSA) is 83.5 Å². The van der Waals surface area contributed by atoms with Crippen LogP contribution in [0.25, 0.3) is 0 Å². The third-order valence-corrected chi connectivity index (χ3v) is 2.38. The molecule has 0 aliphatic heterocycles. The maximum Gasteiger partial charge on any atom is 0.332 e. The first-order chi connectivity index (χ1) is 6.80. The summed E-state index contributed by atoms with van der Waals surface area (Å²) in [6.07, 6.45) is 0. The molecular weight excluding hydrogens is 225 g/mol. The summed E-state index contributed by atoms with van der Waals surface area (Å²) in [6, 6.07) is 2.72. The van der Waals surface area contributed by atoms with Gasteiger partial charge < -0.3 is 10.4 Å². The Labute approximate surface area is 85.8 Å². The normalized spacial score (nSPS) is 11.1. The molecule has 1 rings (SSSR count). The Bertz CT molecular complexity index is 497. The predicted octanol–water partition coefficient (Wildman–Crippen LogP) is 1.01. The van der Waals surface area contributed by atoms with Crippen molar-refractivity contribution < 1.29 is 22.2 Å². The molecule has 0 aromatic heterocycles. The van der Waals surface area contributed by atoms with E-state index in [9.17, 15) is 22.2 Å². The molecule has 82 valence electrons. The molecule has 1 aromatic rings. The zero-order valence-corrected chi connectivity index (χ0v) is 8.51. The quantitative estimate of drug-likeness (QED) is 0.589. The van der Waals surface area contributed by atoms with E-state index >= 15 is 0 Å². The van der Waals surface area contributed by atoms with Crippen molar-refractivity contribution >= 4 is 21.8 Å². The highest BCUT2D eigenvalue weighted by atomic mass is 32.3. The largest absolute Gasteiger partial charge is 0.506 e. The van der Waals surface area contributed by atoms with E-state index in [2.05, 4.69) is 5.32 Å². The average molecular weight is 233 g/mol. The number of halogens is 1. The second kappa shape index (κ2) is 3.85. The summed E-state index contributed by atoms with van der Waals surface area (Å²) in [5.41, 5.74) is -0.152. The van der Waals surface area contributed by atoms with Crippen LogP contribution in [-0.4, -0.2) is 19.4 Å². The molecule has 15 heavy (non-hydrogen) atoms. The Morgan fingerprint density at radius 3 is 2.53 bits per heavy atom. The number of benzene rings is 1. The van der Waals surface area contributed by atoms with Crippen LogP contribution in [0.5, 0.6) is 5.75 Å². The van der Waals surface area contributed by atoms with Crippen LogP contribution in [0.3, 0.4) is 0 Å². The van der Waals surface area contributed by atoms with Crippen molar-refractivity contribution in [3.63, 3.8) is 0 Å². The Morgan fingerprint density at radius 2 is 2.07 bits per heavy atom. The van der Waals surface area contributed by atoms with Gasteiger partial charge in [0.2, 0.25) is 5.91 Å². The lowest BCUT2D eigenvalue weighted by Crippen LogP contribution is -2.06. The molecule has 0 saturated heterocycles. The van der Waals surface area contributed by atoms with Crippen LogP contribution >= 0.6 is 0 Å². The second-order valence-electron chi connectivity index (χ2n) is 2.80. The average Bonchev–Trinajstić information content (AvgIpc) is 2.06. The minimum atomic E-state index is -4.84. The number of anilines is 1. The van der Waals surface area contributed by atoms with E-state index in [1.807, 2.05) is 0 Å². The zero-order chi connectivity index (χ0) is 11.6. The van der Waals surface area contributed by atoms with E-state index in [4.69, 9.17) is 0 Å². The van der Waals surface area contributed by atoms with Gasteiger partial charge in [-0.05, 0) is 18.2 Å². The Kier molecular flexibility index (Phi) is 2.94. The molecule has 0 heterocycles. The summed E-state index contributed by atoms with van der Waals surface area (Å²) in [4.78, 5) is 10.0. The molecule has 0 aliphatic rings. The summed E-state index contributed by atoms with van der Waals surface area (Å²) in [5.74, 6) is -0.837. The van der Waals surface area contributed by atoms with Gasteiger partial charge in [-0.2, -0.15) is 8.42 Å². The van der Waals surface area contributed by atoms with Gasteiger partial charge in [-0.15, -0.1) is 3.89 Å². The van der Waals surface area contributed by atoms with Crippen molar-refractivity contribution in [1.29, 1.82) is 0 Å². The van der Waals surface area contributed by atoms with E-state index < -0.39 is 21.0 Å². The van der Waals surface area contributed by atoms with Crippen LogP contribution in [0, 0.1) is 0 Å². The number of aromatic hydroxyl groups is 1. The first-order valence-corrected chi connectivity index (χ1v) is 5.24. The minimum Gasteiger partial charge on any atom is -0.506 e. The first-order valence-electron chi connectivity index (χ1n) is 3.86. The number of hydrogen-bond donors (Lipinski definition) is 2. The highest BCUT2D eigenvalue weighted by molar-refractivity contribution is 7.86. The number of rotatable bonds is 2. The number of hydrogen-bond acceptors (Lipinski definition) is 4. The minimum absolute atomic E-state index is 0.152. The van der Waals surface area contributed by atoms with Gasteiger partial charge >= 0.3 is 10.2 Å². The second-order valence-corrected chi connectivity index (χ2v) is 4.15. The molecule has 1 amide bonds. The number of phenolic OH excluding ortho intramolecular Hbond substituents is 1. The molecule has 0 radical (unpaired) electrons. The van der Waals surface area contributed by atoms with Crippen molar-refractivity contribution in [3.05, 3.63) is 18.2 Å². The van der Waals surface area contributed by atoms with Crippen LogP contribution in [0.4, 0.5) is 9.57 Å². The number of carbonyl (C=O) groups is 1. The lowest BCUT2D eigenvalue weighted by molar-refractivity contribution is -0.114.